The van der Waals surface area contributed by atoms with Crippen molar-refractivity contribution in [3.8, 4) is 5.75 Å². The molecular formula is C25H30N6O. The number of nitrogens with two attached hydrogens (primary N) is 2. The van der Waals surface area contributed by atoms with Crippen LogP contribution in [0.5, 0.6) is 5.75 Å². The van der Waals surface area contributed by atoms with E-state index in [2.05, 4.69) is 33.9 Å². The van der Waals surface area contributed by atoms with Gasteiger partial charge in [-0.2, -0.15) is 0 Å². The summed E-state index contributed by atoms with van der Waals surface area (Å²) in [7, 11) is 0. The Morgan fingerprint density at radius 3 is 2.56 bits per heavy atom. The van der Waals surface area contributed by atoms with Crippen molar-refractivity contribution in [2.45, 2.75) is 44.0 Å². The van der Waals surface area contributed by atoms with Crippen LogP contribution in [-0.2, 0) is 6.61 Å². The summed E-state index contributed by atoms with van der Waals surface area (Å²) in [6.45, 7) is 0.544. The van der Waals surface area contributed by atoms with E-state index in [0.29, 0.717) is 12.5 Å². The Kier molecular flexibility index (Phi) is 5.59. The van der Waals surface area contributed by atoms with Crippen LogP contribution in [0.15, 0.2) is 73.1 Å². The summed E-state index contributed by atoms with van der Waals surface area (Å²) >= 11 is 0. The number of rotatable bonds is 6. The van der Waals surface area contributed by atoms with Gasteiger partial charge in [0, 0.05) is 30.0 Å². The number of fused-ring (bicyclic) bond motifs is 1. The van der Waals surface area contributed by atoms with Gasteiger partial charge in [-0.25, -0.2) is 9.66 Å². The average Bonchev–Trinajstić information content (AvgIpc) is 3.28. The molecule has 5 rings (SSSR count). The van der Waals surface area contributed by atoms with Crippen molar-refractivity contribution in [3.63, 3.8) is 0 Å². The first-order valence-corrected chi connectivity index (χ1v) is 11.2. The highest BCUT2D eigenvalue weighted by atomic mass is 16.5. The fourth-order valence-electron chi connectivity index (χ4n) is 4.57. The standard InChI is InChI=1S/C25H30N6O/c26-20-8-6-19(7-9-20)25(27)16-23(24-28-14-15-31(24)30-25)29-21-10-12-22(13-11-21)32-17-18-4-2-1-3-5-18/h1-5,10-16,19-20,29-30H,6-9,17,26-27H2. The molecule has 2 heterocycles. The van der Waals surface area contributed by atoms with Crippen LogP contribution in [0.4, 0.5) is 5.69 Å². The minimum Gasteiger partial charge on any atom is -0.489 e. The minimum absolute atomic E-state index is 0.284. The van der Waals surface area contributed by atoms with E-state index in [9.17, 15) is 0 Å². The van der Waals surface area contributed by atoms with E-state index in [1.54, 1.807) is 6.20 Å². The molecule has 7 nitrogen and oxygen atoms in total. The number of benzene rings is 2. The molecule has 0 saturated heterocycles. The van der Waals surface area contributed by atoms with Crippen LogP contribution >= 0.6 is 0 Å². The van der Waals surface area contributed by atoms with Crippen molar-refractivity contribution in [1.29, 1.82) is 0 Å². The molecule has 32 heavy (non-hydrogen) atoms. The summed E-state index contributed by atoms with van der Waals surface area (Å²) in [6, 6.07) is 18.4. The lowest BCUT2D eigenvalue weighted by Gasteiger charge is -2.42. The molecule has 0 radical (unpaired) electrons. The van der Waals surface area contributed by atoms with Crippen molar-refractivity contribution in [3.05, 3.63) is 84.5 Å². The van der Waals surface area contributed by atoms with Crippen LogP contribution in [0.25, 0.3) is 5.70 Å². The van der Waals surface area contributed by atoms with Crippen LogP contribution < -0.4 is 26.9 Å². The fraction of sp³-hybridized carbons (Fsp3) is 0.320. The van der Waals surface area contributed by atoms with Crippen molar-refractivity contribution in [1.82, 2.24) is 9.66 Å². The Labute approximate surface area is 188 Å². The molecule has 1 aromatic heterocycles. The molecule has 1 aliphatic carbocycles. The average molecular weight is 431 g/mol. The Hall–Kier alpha value is -3.29. The highest BCUT2D eigenvalue weighted by molar-refractivity contribution is 5.76. The highest BCUT2D eigenvalue weighted by Crippen LogP contribution is 2.35. The lowest BCUT2D eigenvalue weighted by molar-refractivity contribution is 0.239. The number of nitrogens with zero attached hydrogens (tertiary/aromatic N) is 2. The molecule has 166 valence electrons. The third kappa shape index (κ3) is 4.35. The van der Waals surface area contributed by atoms with Gasteiger partial charge in [-0.05, 0) is 61.6 Å². The van der Waals surface area contributed by atoms with Crippen molar-refractivity contribution >= 4 is 11.4 Å². The molecule has 1 aliphatic heterocycles. The molecular weight excluding hydrogens is 400 g/mol. The van der Waals surface area contributed by atoms with Gasteiger partial charge in [-0.1, -0.05) is 30.3 Å². The molecule has 0 amide bonds. The van der Waals surface area contributed by atoms with Crippen LogP contribution in [0.1, 0.15) is 37.1 Å². The summed E-state index contributed by atoms with van der Waals surface area (Å²) in [4.78, 5) is 4.51. The minimum atomic E-state index is -0.658. The predicted octanol–water partition coefficient (Wildman–Crippen LogP) is 3.64. The second-order valence-corrected chi connectivity index (χ2v) is 8.76. The second-order valence-electron chi connectivity index (χ2n) is 8.76. The maximum atomic E-state index is 6.88. The van der Waals surface area contributed by atoms with Gasteiger partial charge in [0.1, 0.15) is 18.0 Å². The summed E-state index contributed by atoms with van der Waals surface area (Å²) < 4.78 is 7.81. The Balaban J connectivity index is 1.31. The van der Waals surface area contributed by atoms with E-state index in [4.69, 9.17) is 16.2 Å². The van der Waals surface area contributed by atoms with Crippen LogP contribution in [-0.4, -0.2) is 21.4 Å². The Morgan fingerprint density at radius 2 is 1.81 bits per heavy atom. The summed E-state index contributed by atoms with van der Waals surface area (Å²) in [5.41, 5.74) is 18.8. The van der Waals surface area contributed by atoms with Gasteiger partial charge in [0.2, 0.25) is 0 Å². The first-order valence-electron chi connectivity index (χ1n) is 11.2. The van der Waals surface area contributed by atoms with E-state index in [-0.39, 0.29) is 6.04 Å². The second kappa shape index (κ2) is 8.68. The largest absolute Gasteiger partial charge is 0.489 e. The number of hydrogen-bond donors (Lipinski definition) is 4. The number of nitrogens with one attached hydrogen (secondary N) is 2. The Morgan fingerprint density at radius 1 is 1.06 bits per heavy atom. The van der Waals surface area contributed by atoms with E-state index in [0.717, 1.165) is 54.2 Å². The van der Waals surface area contributed by atoms with Gasteiger partial charge < -0.3 is 26.9 Å². The number of anilines is 1. The molecule has 6 N–H and O–H groups in total. The summed E-state index contributed by atoms with van der Waals surface area (Å²) in [5.74, 6) is 1.94. The normalized spacial score (nSPS) is 24.8. The van der Waals surface area contributed by atoms with E-state index in [1.165, 1.54) is 0 Å². The molecule has 1 saturated carbocycles. The lowest BCUT2D eigenvalue weighted by Crippen LogP contribution is -2.58. The Bertz CT molecular complexity index is 1070. The quantitative estimate of drug-likeness (QED) is 0.476. The van der Waals surface area contributed by atoms with Gasteiger partial charge in [-0.3, -0.25) is 0 Å². The number of imidazole rings is 1. The molecule has 1 atom stereocenters. The van der Waals surface area contributed by atoms with Crippen molar-refractivity contribution < 1.29 is 4.74 Å². The highest BCUT2D eigenvalue weighted by Gasteiger charge is 2.39. The van der Waals surface area contributed by atoms with Gasteiger partial charge in [0.25, 0.3) is 0 Å². The third-order valence-corrected chi connectivity index (χ3v) is 6.41. The molecule has 3 aromatic rings. The third-order valence-electron chi connectivity index (χ3n) is 6.41. The topological polar surface area (TPSA) is 103 Å². The maximum absolute atomic E-state index is 6.88. The number of ether oxygens (including phenoxy) is 1. The SMILES string of the molecule is NC1CCC(C2(N)C=C(Nc3ccc(OCc4ccccc4)cc3)c3nccn3N2)CC1. The monoisotopic (exact) mass is 430 g/mol. The first kappa shape index (κ1) is 20.6. The fourth-order valence-corrected chi connectivity index (χ4v) is 4.57. The molecule has 0 spiro atoms. The lowest BCUT2D eigenvalue weighted by atomic mass is 9.78. The molecule has 1 unspecified atom stereocenters. The van der Waals surface area contributed by atoms with Crippen LogP contribution in [0, 0.1) is 5.92 Å². The van der Waals surface area contributed by atoms with Gasteiger partial charge >= 0.3 is 0 Å². The molecule has 2 aliphatic rings. The number of hydrogen-bond acceptors (Lipinski definition) is 6. The van der Waals surface area contributed by atoms with Gasteiger partial charge in [0.05, 0.1) is 5.70 Å². The number of aromatic nitrogens is 2. The molecule has 0 bridgehead atoms. The van der Waals surface area contributed by atoms with Gasteiger partial charge in [-0.15, -0.1) is 0 Å². The predicted molar refractivity (Wildman–Crippen MR) is 127 cm³/mol. The zero-order valence-electron chi connectivity index (χ0n) is 18.1. The molecule has 1 fully saturated rings. The zero-order chi connectivity index (χ0) is 22.0. The molecule has 7 heteroatoms. The van der Waals surface area contributed by atoms with Crippen molar-refractivity contribution in [2.75, 3.05) is 10.7 Å². The zero-order valence-corrected chi connectivity index (χ0v) is 18.1. The molecule has 2 aromatic carbocycles. The smallest absolute Gasteiger partial charge is 0.174 e. The van der Waals surface area contributed by atoms with Crippen LogP contribution in [0.2, 0.25) is 0 Å². The van der Waals surface area contributed by atoms with E-state index in [1.807, 2.05) is 53.3 Å². The van der Waals surface area contributed by atoms with E-state index < -0.39 is 5.66 Å². The van der Waals surface area contributed by atoms with E-state index >= 15 is 0 Å². The van der Waals surface area contributed by atoms with Crippen molar-refractivity contribution in [2.24, 2.45) is 17.4 Å². The maximum Gasteiger partial charge on any atom is 0.174 e. The summed E-state index contributed by atoms with van der Waals surface area (Å²) in [6.07, 6.45) is 9.78. The summed E-state index contributed by atoms with van der Waals surface area (Å²) in [5, 5.41) is 3.50. The first-order chi connectivity index (χ1) is 15.6. The van der Waals surface area contributed by atoms with Gasteiger partial charge in [0.15, 0.2) is 5.82 Å². The van der Waals surface area contributed by atoms with Crippen LogP contribution in [0.3, 0.4) is 0 Å².